The maximum absolute atomic E-state index is 2.40. The van der Waals surface area contributed by atoms with Gasteiger partial charge in [-0.25, -0.2) is 0 Å². The van der Waals surface area contributed by atoms with Crippen molar-refractivity contribution in [3.8, 4) is 0 Å². The van der Waals surface area contributed by atoms with E-state index in [9.17, 15) is 0 Å². The highest BCUT2D eigenvalue weighted by Gasteiger charge is 2.17. The Hall–Kier alpha value is -1.82. The zero-order valence-corrected chi connectivity index (χ0v) is 11.0. The summed E-state index contributed by atoms with van der Waals surface area (Å²) in [5.41, 5.74) is 8.76. The largest absolute Gasteiger partial charge is 0.0759 e. The van der Waals surface area contributed by atoms with Gasteiger partial charge in [0.25, 0.3) is 0 Å². The van der Waals surface area contributed by atoms with Gasteiger partial charge < -0.3 is 0 Å². The van der Waals surface area contributed by atoms with Gasteiger partial charge in [-0.15, -0.1) is 0 Å². The first-order chi connectivity index (χ1) is 8.75. The minimum absolute atomic E-state index is 1.05. The molecule has 0 saturated carbocycles. The van der Waals surface area contributed by atoms with Gasteiger partial charge in [-0.2, -0.15) is 0 Å². The van der Waals surface area contributed by atoms with E-state index in [0.29, 0.717) is 0 Å². The van der Waals surface area contributed by atoms with Crippen LogP contribution in [0.3, 0.4) is 0 Å². The predicted octanol–water partition coefficient (Wildman–Crippen LogP) is 4.49. The van der Waals surface area contributed by atoms with Crippen LogP contribution in [0.25, 0.3) is 5.57 Å². The topological polar surface area (TPSA) is 0 Å². The molecule has 0 bridgehead atoms. The van der Waals surface area contributed by atoms with Crippen molar-refractivity contribution in [1.82, 2.24) is 0 Å². The molecular weight excluding hydrogens is 216 g/mol. The van der Waals surface area contributed by atoms with Crippen LogP contribution in [0.1, 0.15) is 27.8 Å². The molecule has 0 fully saturated rings. The molecule has 2 aromatic rings. The average molecular weight is 234 g/mol. The fourth-order valence-electron chi connectivity index (χ4n) is 2.88. The van der Waals surface area contributed by atoms with Crippen LogP contribution in [0.5, 0.6) is 0 Å². The van der Waals surface area contributed by atoms with Crippen LogP contribution >= 0.6 is 0 Å². The van der Waals surface area contributed by atoms with Gasteiger partial charge in [0.15, 0.2) is 0 Å². The number of fused-ring (bicyclic) bond motifs is 1. The lowest BCUT2D eigenvalue weighted by Crippen LogP contribution is -1.95. The maximum atomic E-state index is 2.40. The van der Waals surface area contributed by atoms with E-state index in [4.69, 9.17) is 0 Å². The summed E-state index contributed by atoms with van der Waals surface area (Å²) in [7, 11) is 0. The van der Waals surface area contributed by atoms with E-state index in [1.807, 2.05) is 0 Å². The summed E-state index contributed by atoms with van der Waals surface area (Å²) >= 11 is 0. The normalized spacial score (nSPS) is 13.3. The van der Waals surface area contributed by atoms with E-state index >= 15 is 0 Å². The summed E-state index contributed by atoms with van der Waals surface area (Å²) in [5.74, 6) is 0. The highest BCUT2D eigenvalue weighted by molar-refractivity contribution is 5.77. The van der Waals surface area contributed by atoms with Crippen molar-refractivity contribution >= 4 is 5.57 Å². The summed E-state index contributed by atoms with van der Waals surface area (Å²) in [6, 6.07) is 15.2. The molecule has 0 unspecified atom stereocenters. The second-order valence-corrected chi connectivity index (χ2v) is 5.15. The monoisotopic (exact) mass is 234 g/mol. The van der Waals surface area contributed by atoms with Crippen molar-refractivity contribution in [3.05, 3.63) is 76.4 Å². The summed E-state index contributed by atoms with van der Waals surface area (Å²) in [6.45, 7) is 4.44. The van der Waals surface area contributed by atoms with E-state index < -0.39 is 0 Å². The van der Waals surface area contributed by atoms with Crippen molar-refractivity contribution in [2.75, 3.05) is 0 Å². The third kappa shape index (κ3) is 1.88. The molecule has 1 aliphatic carbocycles. The van der Waals surface area contributed by atoms with Crippen LogP contribution in [-0.4, -0.2) is 0 Å². The SMILES string of the molecule is Cc1ccc(C)c2c1CC=C2Cc1ccccc1. The second-order valence-electron chi connectivity index (χ2n) is 5.15. The highest BCUT2D eigenvalue weighted by Crippen LogP contribution is 2.34. The molecule has 0 aromatic heterocycles. The van der Waals surface area contributed by atoms with Crippen LogP contribution < -0.4 is 0 Å². The van der Waals surface area contributed by atoms with Gasteiger partial charge in [0, 0.05) is 0 Å². The maximum Gasteiger partial charge on any atom is -0.00227 e. The first-order valence-corrected chi connectivity index (χ1v) is 6.58. The molecule has 0 heterocycles. The van der Waals surface area contributed by atoms with E-state index in [2.05, 4.69) is 62.4 Å². The fourth-order valence-corrected chi connectivity index (χ4v) is 2.88. The van der Waals surface area contributed by atoms with Crippen LogP contribution in [-0.2, 0) is 12.8 Å². The standard InChI is InChI=1S/C18H18/c1-13-8-9-14(2)18-16(10-11-17(13)18)12-15-6-4-3-5-7-15/h3-10H,11-12H2,1-2H3. The molecule has 90 valence electrons. The zero-order valence-electron chi connectivity index (χ0n) is 11.0. The Labute approximate surface area is 109 Å². The van der Waals surface area contributed by atoms with Gasteiger partial charge in [-0.3, -0.25) is 0 Å². The Kier molecular flexibility index (Phi) is 2.79. The number of hydrogen-bond acceptors (Lipinski definition) is 0. The number of allylic oxidation sites excluding steroid dienone is 2. The molecule has 0 radical (unpaired) electrons. The van der Waals surface area contributed by atoms with E-state index in [0.717, 1.165) is 12.8 Å². The van der Waals surface area contributed by atoms with Crippen LogP contribution in [0.4, 0.5) is 0 Å². The molecule has 0 heteroatoms. The molecule has 0 N–H and O–H groups in total. The molecule has 0 atom stereocenters. The molecule has 0 nitrogen and oxygen atoms in total. The molecule has 3 rings (SSSR count). The molecule has 1 aliphatic rings. The second kappa shape index (κ2) is 4.45. The van der Waals surface area contributed by atoms with Gasteiger partial charge in [-0.1, -0.05) is 48.5 Å². The molecular formula is C18H18. The van der Waals surface area contributed by atoms with Gasteiger partial charge in [0.1, 0.15) is 0 Å². The quantitative estimate of drug-likeness (QED) is 0.718. The van der Waals surface area contributed by atoms with Gasteiger partial charge in [0.2, 0.25) is 0 Å². The third-order valence-electron chi connectivity index (χ3n) is 3.87. The van der Waals surface area contributed by atoms with E-state index in [1.165, 1.54) is 33.4 Å². The van der Waals surface area contributed by atoms with Crippen LogP contribution in [0.15, 0.2) is 48.5 Å². The highest BCUT2D eigenvalue weighted by atomic mass is 14.2. The zero-order chi connectivity index (χ0) is 12.5. The first kappa shape index (κ1) is 11.3. The lowest BCUT2D eigenvalue weighted by Gasteiger charge is -2.11. The fraction of sp³-hybridized carbons (Fsp3) is 0.222. The third-order valence-corrected chi connectivity index (χ3v) is 3.87. The first-order valence-electron chi connectivity index (χ1n) is 6.58. The molecule has 2 aromatic carbocycles. The number of rotatable bonds is 2. The van der Waals surface area contributed by atoms with Crippen molar-refractivity contribution in [2.24, 2.45) is 0 Å². The minimum Gasteiger partial charge on any atom is -0.0759 e. The molecule has 0 aliphatic heterocycles. The summed E-state index contributed by atoms with van der Waals surface area (Å²) in [6.07, 6.45) is 4.56. The van der Waals surface area contributed by atoms with E-state index in [-0.39, 0.29) is 0 Å². The Morgan fingerprint density at radius 3 is 2.39 bits per heavy atom. The molecule has 18 heavy (non-hydrogen) atoms. The Bertz CT molecular complexity index is 603. The van der Waals surface area contributed by atoms with Crippen LogP contribution in [0, 0.1) is 13.8 Å². The van der Waals surface area contributed by atoms with Crippen molar-refractivity contribution in [1.29, 1.82) is 0 Å². The van der Waals surface area contributed by atoms with Crippen LogP contribution in [0.2, 0.25) is 0 Å². The number of aryl methyl sites for hydroxylation is 2. The Morgan fingerprint density at radius 1 is 0.889 bits per heavy atom. The Morgan fingerprint density at radius 2 is 1.61 bits per heavy atom. The average Bonchev–Trinajstić information content (AvgIpc) is 2.80. The van der Waals surface area contributed by atoms with E-state index in [1.54, 1.807) is 0 Å². The summed E-state index contributed by atoms with van der Waals surface area (Å²) in [5, 5.41) is 0. The summed E-state index contributed by atoms with van der Waals surface area (Å²) < 4.78 is 0. The van der Waals surface area contributed by atoms with Gasteiger partial charge in [0.05, 0.1) is 0 Å². The molecule has 0 amide bonds. The Balaban J connectivity index is 1.98. The van der Waals surface area contributed by atoms with Crippen molar-refractivity contribution in [2.45, 2.75) is 26.7 Å². The molecule has 0 saturated heterocycles. The van der Waals surface area contributed by atoms with Crippen molar-refractivity contribution in [3.63, 3.8) is 0 Å². The predicted molar refractivity (Wildman–Crippen MR) is 77.7 cm³/mol. The molecule has 0 spiro atoms. The van der Waals surface area contributed by atoms with Gasteiger partial charge in [-0.05, 0) is 60.1 Å². The lowest BCUT2D eigenvalue weighted by atomic mass is 9.93. The van der Waals surface area contributed by atoms with Crippen molar-refractivity contribution < 1.29 is 0 Å². The number of hydrogen-bond donors (Lipinski definition) is 0. The smallest absolute Gasteiger partial charge is 0.00227 e. The number of benzene rings is 2. The minimum atomic E-state index is 1.05. The van der Waals surface area contributed by atoms with Gasteiger partial charge >= 0.3 is 0 Å². The lowest BCUT2D eigenvalue weighted by molar-refractivity contribution is 1.21. The summed E-state index contributed by atoms with van der Waals surface area (Å²) in [4.78, 5) is 0.